The number of hydrogen-bond acceptors (Lipinski definition) is 3. The van der Waals surface area contributed by atoms with Gasteiger partial charge in [0.1, 0.15) is 6.04 Å². The highest BCUT2D eigenvalue weighted by Crippen LogP contribution is 2.10. The molecule has 0 heterocycles. The maximum absolute atomic E-state index is 12.1. The fourth-order valence-electron chi connectivity index (χ4n) is 2.87. The molecule has 0 aliphatic carbocycles. The number of carbonyl (C=O) groups excluding carboxylic acids is 1. The van der Waals surface area contributed by atoms with E-state index in [4.69, 9.17) is 4.74 Å². The number of unbranched alkanes of at least 4 members (excludes halogenated alkanes) is 2. The van der Waals surface area contributed by atoms with Gasteiger partial charge in [0.2, 0.25) is 0 Å². The number of benzene rings is 2. The Morgan fingerprint density at radius 1 is 0.960 bits per heavy atom. The third kappa shape index (κ3) is 6.71. The van der Waals surface area contributed by atoms with E-state index < -0.39 is 0 Å². The van der Waals surface area contributed by atoms with Crippen molar-refractivity contribution in [2.75, 3.05) is 7.11 Å². The quantitative estimate of drug-likeness (QED) is 0.518. The fourth-order valence-corrected chi connectivity index (χ4v) is 2.87. The van der Waals surface area contributed by atoms with Crippen molar-refractivity contribution in [2.45, 2.75) is 51.6 Å². The van der Waals surface area contributed by atoms with E-state index in [1.807, 2.05) is 30.3 Å². The molecule has 0 saturated carbocycles. The van der Waals surface area contributed by atoms with Gasteiger partial charge >= 0.3 is 5.97 Å². The fraction of sp³-hybridized carbons (Fsp3) is 0.409. The molecule has 3 nitrogen and oxygen atoms in total. The molecule has 0 aromatic heterocycles. The van der Waals surface area contributed by atoms with Crippen molar-refractivity contribution in [3.05, 3.63) is 71.3 Å². The highest BCUT2D eigenvalue weighted by Gasteiger charge is 2.18. The van der Waals surface area contributed by atoms with Gasteiger partial charge in [-0.1, -0.05) is 74.4 Å². The molecule has 2 aromatic rings. The van der Waals surface area contributed by atoms with E-state index in [9.17, 15) is 4.79 Å². The second-order valence-electron chi connectivity index (χ2n) is 6.42. The van der Waals surface area contributed by atoms with Crippen LogP contribution < -0.4 is 5.32 Å². The second kappa shape index (κ2) is 10.7. The van der Waals surface area contributed by atoms with Crippen LogP contribution in [0.5, 0.6) is 0 Å². The van der Waals surface area contributed by atoms with Crippen molar-refractivity contribution in [3.63, 3.8) is 0 Å². The smallest absolute Gasteiger partial charge is 0.323 e. The molecule has 134 valence electrons. The summed E-state index contributed by atoms with van der Waals surface area (Å²) in [5.41, 5.74) is 3.68. The molecule has 0 saturated heterocycles. The zero-order valence-electron chi connectivity index (χ0n) is 15.3. The Hall–Kier alpha value is -2.13. The Kier molecular flexibility index (Phi) is 8.20. The van der Waals surface area contributed by atoms with Gasteiger partial charge in [0.15, 0.2) is 0 Å². The van der Waals surface area contributed by atoms with E-state index in [-0.39, 0.29) is 12.0 Å². The number of esters is 1. The van der Waals surface area contributed by atoms with Gasteiger partial charge in [0, 0.05) is 6.54 Å². The van der Waals surface area contributed by atoms with Crippen molar-refractivity contribution in [1.29, 1.82) is 0 Å². The molecule has 0 aliphatic heterocycles. The minimum Gasteiger partial charge on any atom is -0.468 e. The SMILES string of the molecule is CCCCCc1ccc(CNC(Cc2ccccc2)C(=O)OC)cc1. The molecule has 0 amide bonds. The summed E-state index contributed by atoms with van der Waals surface area (Å²) in [7, 11) is 1.44. The Bertz CT molecular complexity index is 622. The molecule has 0 spiro atoms. The Labute approximate surface area is 151 Å². The third-order valence-corrected chi connectivity index (χ3v) is 4.41. The van der Waals surface area contributed by atoms with Gasteiger partial charge < -0.3 is 10.1 Å². The summed E-state index contributed by atoms with van der Waals surface area (Å²) < 4.78 is 4.95. The first-order valence-corrected chi connectivity index (χ1v) is 9.16. The summed E-state index contributed by atoms with van der Waals surface area (Å²) in [6.45, 7) is 2.88. The van der Waals surface area contributed by atoms with Crippen molar-refractivity contribution in [2.24, 2.45) is 0 Å². The Morgan fingerprint density at radius 2 is 1.64 bits per heavy atom. The number of nitrogens with one attached hydrogen (secondary N) is 1. The van der Waals surface area contributed by atoms with Gasteiger partial charge in [-0.15, -0.1) is 0 Å². The molecule has 1 N–H and O–H groups in total. The molecule has 1 atom stereocenters. The number of methoxy groups -OCH3 is 1. The first-order valence-electron chi connectivity index (χ1n) is 9.16. The van der Waals surface area contributed by atoms with Gasteiger partial charge in [-0.25, -0.2) is 0 Å². The largest absolute Gasteiger partial charge is 0.468 e. The average Bonchev–Trinajstić information content (AvgIpc) is 2.66. The molecule has 0 radical (unpaired) electrons. The summed E-state index contributed by atoms with van der Waals surface area (Å²) in [5, 5.41) is 3.33. The summed E-state index contributed by atoms with van der Waals surface area (Å²) >= 11 is 0. The predicted octanol–water partition coefficient (Wildman–Crippen LogP) is 4.29. The van der Waals surface area contributed by atoms with E-state index in [2.05, 4.69) is 36.5 Å². The van der Waals surface area contributed by atoms with E-state index >= 15 is 0 Å². The topological polar surface area (TPSA) is 38.3 Å². The second-order valence-corrected chi connectivity index (χ2v) is 6.42. The van der Waals surface area contributed by atoms with Crippen molar-refractivity contribution >= 4 is 5.97 Å². The molecule has 0 bridgehead atoms. The average molecular weight is 339 g/mol. The van der Waals surface area contributed by atoms with Crippen LogP contribution in [0, 0.1) is 0 Å². The van der Waals surface area contributed by atoms with Crippen molar-refractivity contribution < 1.29 is 9.53 Å². The molecule has 25 heavy (non-hydrogen) atoms. The molecular weight excluding hydrogens is 310 g/mol. The maximum Gasteiger partial charge on any atom is 0.323 e. The number of hydrogen-bond donors (Lipinski definition) is 1. The lowest BCUT2D eigenvalue weighted by molar-refractivity contribution is -0.143. The Balaban J connectivity index is 1.90. The van der Waals surface area contributed by atoms with Gasteiger partial charge in [-0.05, 0) is 36.0 Å². The standard InChI is InChI=1S/C22H29NO2/c1-3-4-6-9-18-12-14-20(15-13-18)17-23-21(22(24)25-2)16-19-10-7-5-8-11-19/h5,7-8,10-15,21,23H,3-4,6,9,16-17H2,1-2H3. The third-order valence-electron chi connectivity index (χ3n) is 4.41. The number of rotatable bonds is 10. The van der Waals surface area contributed by atoms with E-state index in [1.54, 1.807) is 0 Å². The summed E-state index contributed by atoms with van der Waals surface area (Å²) in [5.74, 6) is -0.222. The highest BCUT2D eigenvalue weighted by molar-refractivity contribution is 5.76. The Morgan fingerprint density at radius 3 is 2.28 bits per heavy atom. The summed E-state index contributed by atoms with van der Waals surface area (Å²) in [6, 6.07) is 18.3. The first kappa shape index (κ1) is 19.2. The first-order chi connectivity index (χ1) is 12.2. The lowest BCUT2D eigenvalue weighted by atomic mass is 10.0. The predicted molar refractivity (Wildman–Crippen MR) is 102 cm³/mol. The van der Waals surface area contributed by atoms with Crippen LogP contribution >= 0.6 is 0 Å². The zero-order valence-corrected chi connectivity index (χ0v) is 15.3. The van der Waals surface area contributed by atoms with Crippen LogP contribution in [-0.2, 0) is 28.9 Å². The van der Waals surface area contributed by atoms with Gasteiger partial charge in [0.25, 0.3) is 0 Å². The molecule has 1 unspecified atom stereocenters. The minimum atomic E-state index is -0.336. The lowest BCUT2D eigenvalue weighted by Crippen LogP contribution is -2.39. The van der Waals surface area contributed by atoms with Gasteiger partial charge in [0.05, 0.1) is 7.11 Å². The molecule has 2 rings (SSSR count). The maximum atomic E-state index is 12.1. The van der Waals surface area contributed by atoms with Crippen LogP contribution in [0.25, 0.3) is 0 Å². The zero-order chi connectivity index (χ0) is 17.9. The van der Waals surface area contributed by atoms with Gasteiger partial charge in [-0.3, -0.25) is 4.79 Å². The van der Waals surface area contributed by atoms with Crippen LogP contribution in [0.3, 0.4) is 0 Å². The van der Waals surface area contributed by atoms with Crippen LogP contribution in [-0.4, -0.2) is 19.1 Å². The number of ether oxygens (including phenoxy) is 1. The lowest BCUT2D eigenvalue weighted by Gasteiger charge is -2.17. The summed E-state index contributed by atoms with van der Waals surface area (Å²) in [4.78, 5) is 12.1. The van der Waals surface area contributed by atoms with Crippen LogP contribution in [0.2, 0.25) is 0 Å². The molecule has 0 aliphatic rings. The number of carbonyl (C=O) groups is 1. The van der Waals surface area contributed by atoms with Crippen molar-refractivity contribution in [1.82, 2.24) is 5.32 Å². The van der Waals surface area contributed by atoms with Crippen LogP contribution in [0.1, 0.15) is 42.9 Å². The number of aryl methyl sites for hydroxylation is 1. The van der Waals surface area contributed by atoms with Crippen molar-refractivity contribution in [3.8, 4) is 0 Å². The molecule has 0 fully saturated rings. The normalized spacial score (nSPS) is 11.9. The molecule has 2 aromatic carbocycles. The van der Waals surface area contributed by atoms with Crippen LogP contribution in [0.4, 0.5) is 0 Å². The van der Waals surface area contributed by atoms with E-state index in [0.717, 1.165) is 12.0 Å². The summed E-state index contributed by atoms with van der Waals surface area (Å²) in [6.07, 6.45) is 5.54. The highest BCUT2D eigenvalue weighted by atomic mass is 16.5. The molecular formula is C22H29NO2. The van der Waals surface area contributed by atoms with E-state index in [0.29, 0.717) is 13.0 Å². The van der Waals surface area contributed by atoms with Crippen LogP contribution in [0.15, 0.2) is 54.6 Å². The monoisotopic (exact) mass is 339 g/mol. The molecule has 3 heteroatoms. The minimum absolute atomic E-state index is 0.222. The van der Waals surface area contributed by atoms with Gasteiger partial charge in [-0.2, -0.15) is 0 Å². The van der Waals surface area contributed by atoms with E-state index in [1.165, 1.54) is 37.5 Å².